The van der Waals surface area contributed by atoms with Crippen molar-refractivity contribution < 1.29 is 10.2 Å². The average molecular weight is 247 g/mol. The quantitative estimate of drug-likeness (QED) is 0.796. The third kappa shape index (κ3) is 2.80. The molecule has 3 heteroatoms. The molecule has 3 atom stereocenters. The van der Waals surface area contributed by atoms with E-state index in [-0.39, 0.29) is 18.7 Å². The molecule has 0 aromatic heterocycles. The van der Waals surface area contributed by atoms with Crippen LogP contribution in [0.4, 0.5) is 0 Å². The molecule has 0 fully saturated rings. The fourth-order valence-electron chi connectivity index (χ4n) is 2.57. The lowest BCUT2D eigenvalue weighted by molar-refractivity contribution is -0.00156. The number of aliphatic hydroxyl groups is 2. The minimum Gasteiger partial charge on any atom is -0.394 e. The van der Waals surface area contributed by atoms with Gasteiger partial charge in [0, 0.05) is 18.6 Å². The van der Waals surface area contributed by atoms with Crippen molar-refractivity contribution in [3.63, 3.8) is 0 Å². The Kier molecular flexibility index (Phi) is 4.53. The third-order valence-corrected chi connectivity index (χ3v) is 3.70. The first-order valence-electron chi connectivity index (χ1n) is 6.48. The molecule has 0 amide bonds. The Bertz CT molecular complexity index is 391. The number of hydrogen-bond acceptors (Lipinski definition) is 3. The van der Waals surface area contributed by atoms with Gasteiger partial charge in [0.2, 0.25) is 0 Å². The summed E-state index contributed by atoms with van der Waals surface area (Å²) in [6, 6.07) is 10.5. The largest absolute Gasteiger partial charge is 0.394 e. The van der Waals surface area contributed by atoms with E-state index in [1.54, 1.807) is 0 Å². The van der Waals surface area contributed by atoms with Gasteiger partial charge in [-0.15, -0.1) is 0 Å². The van der Waals surface area contributed by atoms with Crippen molar-refractivity contribution in [2.75, 3.05) is 13.2 Å². The fraction of sp³-hybridized carbons (Fsp3) is 0.467. The first-order valence-corrected chi connectivity index (χ1v) is 6.48. The van der Waals surface area contributed by atoms with Gasteiger partial charge in [-0.05, 0) is 18.9 Å². The zero-order valence-electron chi connectivity index (χ0n) is 10.7. The normalized spacial score (nSPS) is 23.8. The van der Waals surface area contributed by atoms with Crippen LogP contribution in [0.5, 0.6) is 0 Å². The molecule has 18 heavy (non-hydrogen) atoms. The first kappa shape index (κ1) is 13.3. The molecule has 0 spiro atoms. The average Bonchev–Trinajstić information content (AvgIpc) is 2.46. The summed E-state index contributed by atoms with van der Waals surface area (Å²) in [6.07, 6.45) is 4.32. The van der Waals surface area contributed by atoms with Crippen molar-refractivity contribution >= 4 is 0 Å². The molecule has 0 saturated heterocycles. The molecule has 0 unspecified atom stereocenters. The van der Waals surface area contributed by atoms with Crippen LogP contribution in [0.3, 0.4) is 0 Å². The predicted molar refractivity (Wildman–Crippen MR) is 72.2 cm³/mol. The van der Waals surface area contributed by atoms with E-state index in [1.165, 1.54) is 5.56 Å². The Labute approximate surface area is 108 Å². The predicted octanol–water partition coefficient (Wildman–Crippen LogP) is 1.73. The second-order valence-electron chi connectivity index (χ2n) is 4.81. The SMILES string of the molecule is C[C@@H](c1ccccc1)N1CC=CC[C@@H]1[C@H](O)CO. The van der Waals surface area contributed by atoms with Crippen molar-refractivity contribution in [2.45, 2.75) is 31.5 Å². The van der Waals surface area contributed by atoms with Crippen LogP contribution in [0.1, 0.15) is 24.9 Å². The number of benzene rings is 1. The smallest absolute Gasteiger partial charge is 0.0928 e. The highest BCUT2D eigenvalue weighted by Gasteiger charge is 2.29. The van der Waals surface area contributed by atoms with E-state index in [0.29, 0.717) is 0 Å². The summed E-state index contributed by atoms with van der Waals surface area (Å²) in [4.78, 5) is 2.25. The molecule has 3 nitrogen and oxygen atoms in total. The van der Waals surface area contributed by atoms with Gasteiger partial charge in [-0.3, -0.25) is 4.90 Å². The van der Waals surface area contributed by atoms with Crippen LogP contribution < -0.4 is 0 Å². The van der Waals surface area contributed by atoms with E-state index >= 15 is 0 Å². The lowest BCUT2D eigenvalue weighted by atomic mass is 9.97. The Hall–Kier alpha value is -1.16. The van der Waals surface area contributed by atoms with Gasteiger partial charge in [0.25, 0.3) is 0 Å². The molecular weight excluding hydrogens is 226 g/mol. The molecule has 0 aliphatic carbocycles. The van der Waals surface area contributed by atoms with Gasteiger partial charge >= 0.3 is 0 Å². The Morgan fingerprint density at radius 3 is 2.67 bits per heavy atom. The third-order valence-electron chi connectivity index (χ3n) is 3.70. The number of rotatable bonds is 4. The summed E-state index contributed by atoms with van der Waals surface area (Å²) < 4.78 is 0. The molecule has 0 saturated carbocycles. The maximum Gasteiger partial charge on any atom is 0.0928 e. The zero-order chi connectivity index (χ0) is 13.0. The minimum absolute atomic E-state index is 0.00444. The van der Waals surface area contributed by atoms with Crippen LogP contribution in [-0.2, 0) is 0 Å². The van der Waals surface area contributed by atoms with Crippen molar-refractivity contribution in [2.24, 2.45) is 0 Å². The van der Waals surface area contributed by atoms with Crippen LogP contribution in [-0.4, -0.2) is 40.4 Å². The van der Waals surface area contributed by atoms with Gasteiger partial charge in [0.1, 0.15) is 0 Å². The van der Waals surface area contributed by atoms with Crippen LogP contribution in [0.25, 0.3) is 0 Å². The van der Waals surface area contributed by atoms with E-state index in [4.69, 9.17) is 5.11 Å². The molecule has 0 bridgehead atoms. The van der Waals surface area contributed by atoms with Crippen molar-refractivity contribution in [1.82, 2.24) is 4.90 Å². The van der Waals surface area contributed by atoms with Gasteiger partial charge in [-0.2, -0.15) is 0 Å². The van der Waals surface area contributed by atoms with E-state index in [9.17, 15) is 5.11 Å². The molecule has 2 rings (SSSR count). The molecule has 1 aromatic rings. The summed E-state index contributed by atoms with van der Waals surface area (Å²) in [7, 11) is 0. The summed E-state index contributed by atoms with van der Waals surface area (Å²) in [6.45, 7) is 2.78. The summed E-state index contributed by atoms with van der Waals surface area (Å²) in [5.41, 5.74) is 1.24. The van der Waals surface area contributed by atoms with Gasteiger partial charge < -0.3 is 10.2 Å². The molecule has 1 aliphatic heterocycles. The minimum atomic E-state index is -0.680. The molecule has 1 heterocycles. The van der Waals surface area contributed by atoms with E-state index in [2.05, 4.69) is 36.1 Å². The second kappa shape index (κ2) is 6.14. The molecule has 2 N–H and O–H groups in total. The summed E-state index contributed by atoms with van der Waals surface area (Å²) in [5.74, 6) is 0. The summed E-state index contributed by atoms with van der Waals surface area (Å²) >= 11 is 0. The first-order chi connectivity index (χ1) is 8.74. The highest BCUT2D eigenvalue weighted by atomic mass is 16.3. The lowest BCUT2D eigenvalue weighted by Gasteiger charge is -2.39. The van der Waals surface area contributed by atoms with Crippen molar-refractivity contribution in [1.29, 1.82) is 0 Å². The van der Waals surface area contributed by atoms with Crippen LogP contribution >= 0.6 is 0 Å². The van der Waals surface area contributed by atoms with Gasteiger partial charge in [-0.1, -0.05) is 42.5 Å². The second-order valence-corrected chi connectivity index (χ2v) is 4.81. The van der Waals surface area contributed by atoms with Gasteiger partial charge in [-0.25, -0.2) is 0 Å². The van der Waals surface area contributed by atoms with E-state index in [0.717, 1.165) is 13.0 Å². The van der Waals surface area contributed by atoms with Crippen molar-refractivity contribution in [3.05, 3.63) is 48.0 Å². The highest BCUT2D eigenvalue weighted by molar-refractivity contribution is 5.19. The van der Waals surface area contributed by atoms with E-state index < -0.39 is 6.10 Å². The maximum atomic E-state index is 9.92. The van der Waals surface area contributed by atoms with E-state index in [1.807, 2.05) is 18.2 Å². The molecule has 0 radical (unpaired) electrons. The highest BCUT2D eigenvalue weighted by Crippen LogP contribution is 2.27. The fourth-order valence-corrected chi connectivity index (χ4v) is 2.57. The maximum absolute atomic E-state index is 9.92. The Morgan fingerprint density at radius 1 is 1.28 bits per heavy atom. The lowest BCUT2D eigenvalue weighted by Crippen LogP contribution is -2.47. The Balaban J connectivity index is 2.17. The van der Waals surface area contributed by atoms with Crippen molar-refractivity contribution in [3.8, 4) is 0 Å². The molecule has 98 valence electrons. The number of nitrogens with zero attached hydrogens (tertiary/aromatic N) is 1. The Morgan fingerprint density at radius 2 is 2.00 bits per heavy atom. The number of aliphatic hydroxyl groups excluding tert-OH is 2. The topological polar surface area (TPSA) is 43.7 Å². The number of hydrogen-bond donors (Lipinski definition) is 2. The monoisotopic (exact) mass is 247 g/mol. The standard InChI is InChI=1S/C15H21NO2/c1-12(13-7-3-2-4-8-13)16-10-6-5-9-14(16)15(18)11-17/h2-8,12,14-15,17-18H,9-11H2,1H3/t12-,14+,15+/m0/s1. The van der Waals surface area contributed by atoms with Crippen LogP contribution in [0, 0.1) is 0 Å². The zero-order valence-corrected chi connectivity index (χ0v) is 10.7. The van der Waals surface area contributed by atoms with Gasteiger partial charge in [0.15, 0.2) is 0 Å². The molecule has 1 aliphatic rings. The summed E-state index contributed by atoms with van der Waals surface area (Å²) in [5, 5.41) is 19.1. The van der Waals surface area contributed by atoms with Crippen LogP contribution in [0.15, 0.2) is 42.5 Å². The van der Waals surface area contributed by atoms with Gasteiger partial charge in [0.05, 0.1) is 12.7 Å². The molecular formula is C15H21NO2. The molecule has 1 aromatic carbocycles. The van der Waals surface area contributed by atoms with Crippen LogP contribution in [0.2, 0.25) is 0 Å².